The number of carboxylic acid groups (broad SMARTS) is 3. The minimum atomic E-state index is -1.01. The second kappa shape index (κ2) is 24.9. The smallest absolute Gasteiger partial charge is 0.317 e. The van der Waals surface area contributed by atoms with Crippen molar-refractivity contribution in [2.45, 2.75) is 52.0 Å². The van der Waals surface area contributed by atoms with E-state index in [9.17, 15) is 39.3 Å². The highest BCUT2D eigenvalue weighted by molar-refractivity contribution is 5.88. The molecule has 0 aliphatic carbocycles. The summed E-state index contributed by atoms with van der Waals surface area (Å²) < 4.78 is 0. The third-order valence-electron chi connectivity index (χ3n) is 9.90. The predicted molar refractivity (Wildman–Crippen MR) is 210 cm³/mol. The molecule has 1 heterocycles. The van der Waals surface area contributed by atoms with E-state index in [1.54, 1.807) is 14.7 Å². The van der Waals surface area contributed by atoms with E-state index in [2.05, 4.69) is 29.8 Å². The predicted octanol–water partition coefficient (Wildman–Crippen LogP) is 1.74. The van der Waals surface area contributed by atoms with Gasteiger partial charge in [-0.15, -0.1) is 0 Å². The second-order valence-electron chi connectivity index (χ2n) is 14.4. The van der Waals surface area contributed by atoms with Crippen LogP contribution in [0.3, 0.4) is 0 Å². The highest BCUT2D eigenvalue weighted by Gasteiger charge is 2.23. The van der Waals surface area contributed by atoms with Gasteiger partial charge in [-0.2, -0.15) is 0 Å². The standard InChI is InChI=1S/C40H61N7O8/c1-3-31(2)9-7-8-16-42-40(55)35(25-32-12-14-34(15-13-32)33-10-5-4-6-11-33)43-36(48)26-41-30-47-23-21-45(28-38(51)52)19-17-44(27-37(49)50)18-20-46(22-24-47)29-39(53)54/h4-6,10-15,31,35,41H,3,7-9,16-30H2,1-2H3,(H,42,55)(H,43,48)(H,49,50)(H,51,52)(H,53,54)/t31?,35-/m1/s1. The molecule has 55 heavy (non-hydrogen) atoms. The molecule has 2 atom stereocenters. The fourth-order valence-electron chi connectivity index (χ4n) is 6.42. The Labute approximate surface area is 325 Å². The van der Waals surface area contributed by atoms with Gasteiger partial charge in [-0.1, -0.05) is 87.7 Å². The van der Waals surface area contributed by atoms with Gasteiger partial charge in [0.15, 0.2) is 0 Å². The zero-order valence-electron chi connectivity index (χ0n) is 32.5. The first-order valence-electron chi connectivity index (χ1n) is 19.4. The molecule has 15 nitrogen and oxygen atoms in total. The largest absolute Gasteiger partial charge is 0.480 e. The number of nitrogens with one attached hydrogen (secondary N) is 3. The number of nitrogens with zero attached hydrogens (tertiary/aromatic N) is 4. The van der Waals surface area contributed by atoms with Gasteiger partial charge in [-0.25, -0.2) is 0 Å². The highest BCUT2D eigenvalue weighted by atomic mass is 16.4. The van der Waals surface area contributed by atoms with Crippen LogP contribution in [0.4, 0.5) is 0 Å². The molecule has 2 aromatic rings. The lowest BCUT2D eigenvalue weighted by molar-refractivity contribution is -0.140. The molecule has 1 aliphatic rings. The normalized spacial score (nSPS) is 16.6. The van der Waals surface area contributed by atoms with Crippen LogP contribution in [-0.2, 0) is 30.4 Å². The van der Waals surface area contributed by atoms with E-state index in [4.69, 9.17) is 0 Å². The van der Waals surface area contributed by atoms with Gasteiger partial charge >= 0.3 is 17.9 Å². The summed E-state index contributed by atoms with van der Waals surface area (Å²) >= 11 is 0. The maximum absolute atomic E-state index is 13.4. The molecule has 304 valence electrons. The Balaban J connectivity index is 1.64. The van der Waals surface area contributed by atoms with Crippen molar-refractivity contribution in [1.82, 2.24) is 35.6 Å². The molecule has 3 rings (SSSR count). The topological polar surface area (TPSA) is 195 Å². The third kappa shape index (κ3) is 18.7. The Bertz CT molecular complexity index is 1450. The Hall–Kier alpha value is -4.41. The minimum Gasteiger partial charge on any atom is -0.480 e. The summed E-state index contributed by atoms with van der Waals surface area (Å²) in [7, 11) is 0. The van der Waals surface area contributed by atoms with Crippen molar-refractivity contribution < 1.29 is 39.3 Å². The van der Waals surface area contributed by atoms with Crippen molar-refractivity contribution in [1.29, 1.82) is 0 Å². The van der Waals surface area contributed by atoms with E-state index in [0.29, 0.717) is 71.2 Å². The second-order valence-corrected chi connectivity index (χ2v) is 14.4. The van der Waals surface area contributed by atoms with Crippen molar-refractivity contribution in [3.63, 3.8) is 0 Å². The van der Waals surface area contributed by atoms with Gasteiger partial charge in [0.1, 0.15) is 6.04 Å². The molecule has 0 radical (unpaired) electrons. The van der Waals surface area contributed by atoms with E-state index >= 15 is 0 Å². The van der Waals surface area contributed by atoms with Crippen LogP contribution in [0.25, 0.3) is 11.1 Å². The highest BCUT2D eigenvalue weighted by Crippen LogP contribution is 2.20. The van der Waals surface area contributed by atoms with E-state index in [0.717, 1.165) is 42.4 Å². The van der Waals surface area contributed by atoms with Gasteiger partial charge in [0.2, 0.25) is 11.8 Å². The lowest BCUT2D eigenvalue weighted by atomic mass is 10.00. The van der Waals surface area contributed by atoms with E-state index in [1.165, 1.54) is 0 Å². The van der Waals surface area contributed by atoms with Crippen LogP contribution < -0.4 is 16.0 Å². The average molecular weight is 768 g/mol. The molecule has 2 amide bonds. The van der Waals surface area contributed by atoms with Crippen LogP contribution >= 0.6 is 0 Å². The van der Waals surface area contributed by atoms with Crippen molar-refractivity contribution in [2.75, 3.05) is 91.8 Å². The molecule has 0 saturated carbocycles. The number of hydrogen-bond donors (Lipinski definition) is 6. The lowest BCUT2D eigenvalue weighted by Gasteiger charge is -2.33. The summed E-state index contributed by atoms with van der Waals surface area (Å²) in [6.45, 7) is 7.25. The van der Waals surface area contributed by atoms with Gasteiger partial charge in [-0.05, 0) is 29.0 Å². The van der Waals surface area contributed by atoms with Crippen LogP contribution in [0, 0.1) is 5.92 Å². The molecular weight excluding hydrogens is 706 g/mol. The van der Waals surface area contributed by atoms with Gasteiger partial charge in [-0.3, -0.25) is 48.9 Å². The van der Waals surface area contributed by atoms with Crippen molar-refractivity contribution in [3.8, 4) is 11.1 Å². The zero-order chi connectivity index (χ0) is 40.0. The Morgan fingerprint density at radius 2 is 1.16 bits per heavy atom. The molecular formula is C40H61N7O8. The van der Waals surface area contributed by atoms with Crippen LogP contribution in [0.5, 0.6) is 0 Å². The molecule has 6 N–H and O–H groups in total. The number of hydrogen-bond acceptors (Lipinski definition) is 10. The Kier molecular flexibility index (Phi) is 20.4. The van der Waals surface area contributed by atoms with E-state index in [1.807, 2.05) is 59.5 Å². The fourth-order valence-corrected chi connectivity index (χ4v) is 6.42. The first-order chi connectivity index (χ1) is 26.4. The number of benzene rings is 2. The van der Waals surface area contributed by atoms with Crippen LogP contribution in [0.1, 0.15) is 45.1 Å². The molecule has 1 fully saturated rings. The van der Waals surface area contributed by atoms with Crippen molar-refractivity contribution in [3.05, 3.63) is 60.2 Å². The summed E-state index contributed by atoms with van der Waals surface area (Å²) in [6.07, 6.45) is 4.40. The van der Waals surface area contributed by atoms with E-state index in [-0.39, 0.29) is 44.7 Å². The summed E-state index contributed by atoms with van der Waals surface area (Å²) in [4.78, 5) is 68.6. The Morgan fingerprint density at radius 3 is 1.65 bits per heavy atom. The lowest BCUT2D eigenvalue weighted by Crippen LogP contribution is -2.52. The molecule has 1 unspecified atom stereocenters. The molecule has 0 bridgehead atoms. The molecule has 0 spiro atoms. The number of aliphatic carboxylic acids is 3. The van der Waals surface area contributed by atoms with Gasteiger partial charge < -0.3 is 26.0 Å². The van der Waals surface area contributed by atoms with Crippen LogP contribution in [-0.4, -0.2) is 162 Å². The average Bonchev–Trinajstić information content (AvgIpc) is 3.15. The van der Waals surface area contributed by atoms with Crippen molar-refractivity contribution in [2.24, 2.45) is 5.92 Å². The number of amides is 2. The van der Waals surface area contributed by atoms with E-state index < -0.39 is 23.9 Å². The zero-order valence-corrected chi connectivity index (χ0v) is 32.5. The number of carbonyl (C=O) groups is 5. The first kappa shape index (κ1) is 45.0. The maximum Gasteiger partial charge on any atom is 0.317 e. The summed E-state index contributed by atoms with van der Waals surface area (Å²) in [5, 5.41) is 37.5. The van der Waals surface area contributed by atoms with Gasteiger partial charge in [0.25, 0.3) is 0 Å². The SMILES string of the molecule is CCC(C)CCCCNC(=O)[C@@H](Cc1ccc(-c2ccccc2)cc1)NC(=O)CNCN1CCN(CC(=O)O)CCN(CC(=O)O)CCN(CC(=O)O)CC1. The third-order valence-corrected chi connectivity index (χ3v) is 9.90. The maximum atomic E-state index is 13.4. The summed E-state index contributed by atoms with van der Waals surface area (Å²) in [5.41, 5.74) is 3.05. The number of rotatable bonds is 21. The van der Waals surface area contributed by atoms with Crippen molar-refractivity contribution >= 4 is 29.7 Å². The van der Waals surface area contributed by atoms with Crippen LogP contribution in [0.15, 0.2) is 54.6 Å². The Morgan fingerprint density at radius 1 is 0.673 bits per heavy atom. The molecule has 1 aliphatic heterocycles. The van der Waals surface area contributed by atoms with Crippen LogP contribution in [0.2, 0.25) is 0 Å². The summed E-state index contributed by atoms with van der Waals surface area (Å²) in [5.74, 6) is -2.97. The molecule has 1 saturated heterocycles. The monoisotopic (exact) mass is 767 g/mol. The number of carbonyl (C=O) groups excluding carboxylic acids is 2. The fraction of sp³-hybridized carbons (Fsp3) is 0.575. The molecule has 2 aromatic carbocycles. The minimum absolute atomic E-state index is 0.0794. The summed E-state index contributed by atoms with van der Waals surface area (Å²) in [6, 6.07) is 17.2. The molecule has 0 aromatic heterocycles. The van der Waals surface area contributed by atoms with Gasteiger partial charge in [0.05, 0.1) is 26.2 Å². The quantitative estimate of drug-likeness (QED) is 0.101. The molecule has 15 heteroatoms. The first-order valence-corrected chi connectivity index (χ1v) is 19.4. The van der Waals surface area contributed by atoms with Gasteiger partial charge in [0, 0.05) is 72.0 Å². The number of carboxylic acids is 3. The number of unbranched alkanes of at least 4 members (excludes halogenated alkanes) is 1.